The average Bonchev–Trinajstić information content (AvgIpc) is 1.61. The van der Waals surface area contributed by atoms with Gasteiger partial charge in [0.05, 0.1) is 6.34 Å². The number of hydrogen-bond donors (Lipinski definition) is 0. The van der Waals surface area contributed by atoms with Gasteiger partial charge in [0.1, 0.15) is 0 Å². The van der Waals surface area contributed by atoms with Crippen LogP contribution in [0.25, 0.3) is 0 Å². The molecule has 8 heavy (non-hydrogen) atoms. The van der Waals surface area contributed by atoms with Gasteiger partial charge < -0.3 is 4.90 Å². The molecule has 48 valence electrons. The lowest BCUT2D eigenvalue weighted by molar-refractivity contribution is 0.640. The molecule has 0 aromatic rings. The lowest BCUT2D eigenvalue weighted by Gasteiger charge is -2.01. The second-order valence-corrected chi connectivity index (χ2v) is 2.56. The minimum atomic E-state index is -0.641. The van der Waals surface area contributed by atoms with Crippen LogP contribution < -0.4 is 0 Å². The molecule has 2 nitrogen and oxygen atoms in total. The van der Waals surface area contributed by atoms with Gasteiger partial charge in [0.25, 0.3) is 0 Å². The molecule has 0 aliphatic heterocycles. The molecular weight excluding hydrogens is 147 g/mol. The zero-order chi connectivity index (χ0) is 6.57. The van der Waals surface area contributed by atoms with E-state index in [1.165, 1.54) is 0 Å². The molecule has 0 spiro atoms. The Hall–Kier alpha value is 0.0500. The van der Waals surface area contributed by atoms with Gasteiger partial charge in [-0.2, -0.15) is 0 Å². The number of rotatable bonds is 2. The molecule has 0 aromatic carbocycles. The average molecular weight is 155 g/mol. The van der Waals surface area contributed by atoms with Crippen molar-refractivity contribution in [3.05, 3.63) is 0 Å². The van der Waals surface area contributed by atoms with Gasteiger partial charge in [-0.05, 0) is 0 Å². The molecule has 0 heterocycles. The molecule has 0 radical (unpaired) electrons. The Bertz CT molecular complexity index is 70.1. The van der Waals surface area contributed by atoms with Gasteiger partial charge in [0.2, 0.25) is 0 Å². The summed E-state index contributed by atoms with van der Waals surface area (Å²) in [6.45, 7) is 0. The van der Waals surface area contributed by atoms with Crippen molar-refractivity contribution in [1.29, 1.82) is 0 Å². The molecule has 0 N–H and O–H groups in total. The van der Waals surface area contributed by atoms with Crippen molar-refractivity contribution in [2.75, 3.05) is 14.1 Å². The van der Waals surface area contributed by atoms with Crippen LogP contribution in [0, 0.1) is 0 Å². The number of hydrogen-bond acceptors (Lipinski definition) is 1. The number of aliphatic imine (C=N–C) groups is 1. The van der Waals surface area contributed by atoms with E-state index in [1.807, 2.05) is 14.1 Å². The fourth-order valence-electron chi connectivity index (χ4n) is 0.184. The number of alkyl halides is 2. The summed E-state index contributed by atoms with van der Waals surface area (Å²) >= 11 is 10.5. The highest BCUT2D eigenvalue weighted by molar-refractivity contribution is 6.44. The van der Waals surface area contributed by atoms with Crippen LogP contribution in [0.15, 0.2) is 4.99 Å². The molecule has 4 heteroatoms. The maximum atomic E-state index is 5.26. The van der Waals surface area contributed by atoms with E-state index in [0.717, 1.165) is 0 Å². The summed E-state index contributed by atoms with van der Waals surface area (Å²) in [5, 5.41) is 0. The van der Waals surface area contributed by atoms with E-state index in [9.17, 15) is 0 Å². The van der Waals surface area contributed by atoms with Crippen LogP contribution in [0.1, 0.15) is 0 Å². The van der Waals surface area contributed by atoms with E-state index in [4.69, 9.17) is 23.2 Å². The minimum Gasteiger partial charge on any atom is -0.369 e. The zero-order valence-corrected chi connectivity index (χ0v) is 6.32. The van der Waals surface area contributed by atoms with E-state index < -0.39 is 4.96 Å². The third-order valence-electron chi connectivity index (χ3n) is 0.410. The normalized spacial score (nSPS) is 11.1. The van der Waals surface area contributed by atoms with Crippen LogP contribution in [-0.4, -0.2) is 30.3 Å². The predicted octanol–water partition coefficient (Wildman–Crippen LogP) is 1.34. The lowest BCUT2D eigenvalue weighted by Crippen LogP contribution is -2.08. The highest BCUT2D eigenvalue weighted by Gasteiger charge is 1.87. The quantitative estimate of drug-likeness (QED) is 0.254. The van der Waals surface area contributed by atoms with E-state index in [2.05, 4.69) is 4.99 Å². The summed E-state index contributed by atoms with van der Waals surface area (Å²) < 4.78 is 0. The molecule has 0 fully saturated rings. The van der Waals surface area contributed by atoms with Crippen LogP contribution in [-0.2, 0) is 0 Å². The van der Waals surface area contributed by atoms with Gasteiger partial charge in [-0.15, -0.1) is 0 Å². The van der Waals surface area contributed by atoms with Gasteiger partial charge in [-0.3, -0.25) is 0 Å². The molecular formula is C4H8Cl2N2. The maximum Gasteiger partial charge on any atom is 0.198 e. The Morgan fingerprint density at radius 1 is 1.50 bits per heavy atom. The van der Waals surface area contributed by atoms with Crippen molar-refractivity contribution in [3.8, 4) is 0 Å². The van der Waals surface area contributed by atoms with Crippen molar-refractivity contribution >= 4 is 29.5 Å². The molecule has 0 atom stereocenters. The van der Waals surface area contributed by atoms with Crippen LogP contribution in [0.5, 0.6) is 0 Å². The Labute approximate surface area is 59.1 Å². The largest absolute Gasteiger partial charge is 0.369 e. The maximum absolute atomic E-state index is 5.26. The van der Waals surface area contributed by atoms with Crippen molar-refractivity contribution in [2.24, 2.45) is 4.99 Å². The summed E-state index contributed by atoms with van der Waals surface area (Å²) in [6, 6.07) is 0. The molecule has 0 aliphatic rings. The first-order valence-corrected chi connectivity index (χ1v) is 2.98. The van der Waals surface area contributed by atoms with Crippen LogP contribution in [0.2, 0.25) is 0 Å². The van der Waals surface area contributed by atoms with Crippen molar-refractivity contribution < 1.29 is 0 Å². The van der Waals surface area contributed by atoms with E-state index in [0.29, 0.717) is 0 Å². The third-order valence-corrected chi connectivity index (χ3v) is 0.636. The second kappa shape index (κ2) is 3.98. The Morgan fingerprint density at radius 2 is 2.00 bits per heavy atom. The first-order chi connectivity index (χ1) is 3.63. The van der Waals surface area contributed by atoms with Gasteiger partial charge in [-0.25, -0.2) is 4.99 Å². The zero-order valence-electron chi connectivity index (χ0n) is 4.81. The smallest absolute Gasteiger partial charge is 0.198 e. The summed E-state index contributed by atoms with van der Waals surface area (Å²) in [6.07, 6.45) is 1.56. The number of halogens is 2. The second-order valence-electron chi connectivity index (χ2n) is 1.51. The molecule has 0 rings (SSSR count). The number of nitrogens with zero attached hydrogens (tertiary/aromatic N) is 2. The highest BCUT2D eigenvalue weighted by atomic mass is 35.5. The first kappa shape index (κ1) is 8.05. The topological polar surface area (TPSA) is 15.6 Å². The van der Waals surface area contributed by atoms with Gasteiger partial charge in [0.15, 0.2) is 4.96 Å². The van der Waals surface area contributed by atoms with Gasteiger partial charge in [0, 0.05) is 14.1 Å². The fraction of sp³-hybridized carbons (Fsp3) is 0.750. The van der Waals surface area contributed by atoms with Crippen LogP contribution in [0.3, 0.4) is 0 Å². The molecule has 0 aromatic heterocycles. The molecule has 0 unspecified atom stereocenters. The molecule has 0 aliphatic carbocycles. The summed E-state index contributed by atoms with van der Waals surface area (Å²) in [7, 11) is 3.69. The Balaban J connectivity index is 3.34. The van der Waals surface area contributed by atoms with Gasteiger partial charge in [-0.1, -0.05) is 23.2 Å². The monoisotopic (exact) mass is 154 g/mol. The first-order valence-electron chi connectivity index (χ1n) is 2.11. The Morgan fingerprint density at radius 3 is 2.12 bits per heavy atom. The minimum absolute atomic E-state index is 0.641. The molecule has 0 bridgehead atoms. The molecule has 0 saturated carbocycles. The summed E-state index contributed by atoms with van der Waals surface area (Å²) in [4.78, 5) is 4.78. The third kappa shape index (κ3) is 6.05. The highest BCUT2D eigenvalue weighted by Crippen LogP contribution is 2.00. The van der Waals surface area contributed by atoms with Gasteiger partial charge >= 0.3 is 0 Å². The van der Waals surface area contributed by atoms with Crippen molar-refractivity contribution in [3.63, 3.8) is 0 Å². The molecule has 0 amide bonds. The summed E-state index contributed by atoms with van der Waals surface area (Å²) in [5.41, 5.74) is 0. The Kier molecular flexibility index (Phi) is 4.01. The van der Waals surface area contributed by atoms with Crippen molar-refractivity contribution in [2.45, 2.75) is 4.96 Å². The summed E-state index contributed by atoms with van der Waals surface area (Å²) in [5.74, 6) is 0. The SMILES string of the molecule is CN(C)/C=N/C(Cl)Cl. The standard InChI is InChI=1S/C4H8Cl2N2/c1-8(2)3-7-4(5)6/h3-4H,1-2H3/b7-3+. The van der Waals surface area contributed by atoms with Crippen molar-refractivity contribution in [1.82, 2.24) is 4.90 Å². The predicted molar refractivity (Wildman–Crippen MR) is 37.7 cm³/mol. The fourth-order valence-corrected chi connectivity index (χ4v) is 0.285. The van der Waals surface area contributed by atoms with E-state index in [-0.39, 0.29) is 0 Å². The molecule has 0 saturated heterocycles. The lowest BCUT2D eigenvalue weighted by atomic mass is 10.9. The van der Waals surface area contributed by atoms with E-state index >= 15 is 0 Å². The van der Waals surface area contributed by atoms with Crippen LogP contribution in [0.4, 0.5) is 0 Å². The van der Waals surface area contributed by atoms with Crippen LogP contribution >= 0.6 is 23.2 Å². The van der Waals surface area contributed by atoms with E-state index in [1.54, 1.807) is 11.2 Å².